The number of thiophene rings is 1. The molecule has 2 amide bonds. The lowest BCUT2D eigenvalue weighted by Crippen LogP contribution is -2.48. The van der Waals surface area contributed by atoms with Crippen molar-refractivity contribution in [3.05, 3.63) is 17.5 Å². The summed E-state index contributed by atoms with van der Waals surface area (Å²) in [6.07, 6.45) is 8.03. The van der Waals surface area contributed by atoms with Crippen molar-refractivity contribution in [1.82, 2.24) is 5.32 Å². The van der Waals surface area contributed by atoms with Crippen LogP contribution in [0.15, 0.2) is 17.5 Å². The highest BCUT2D eigenvalue weighted by atomic mass is 32.1. The van der Waals surface area contributed by atoms with Gasteiger partial charge in [-0.05, 0) is 79.2 Å². The Morgan fingerprint density at radius 1 is 1.23 bits per heavy atom. The molecule has 1 atom stereocenters. The molecule has 1 N–H and O–H groups in total. The second-order valence-corrected chi connectivity index (χ2v) is 9.89. The Morgan fingerprint density at radius 2 is 1.92 bits per heavy atom. The Morgan fingerprint density at radius 3 is 2.54 bits per heavy atom. The fourth-order valence-corrected chi connectivity index (χ4v) is 7.10. The first kappa shape index (κ1) is 16.6. The third-order valence-corrected chi connectivity index (χ3v) is 7.76. The average Bonchev–Trinajstić information content (AvgIpc) is 3.20. The molecule has 5 aliphatic rings. The minimum atomic E-state index is -0.312. The summed E-state index contributed by atoms with van der Waals surface area (Å²) in [6, 6.07) is 3.84. The maximum atomic E-state index is 12.6. The van der Waals surface area contributed by atoms with Crippen molar-refractivity contribution in [1.29, 1.82) is 0 Å². The normalized spacial score (nSPS) is 37.8. The molecule has 1 unspecified atom stereocenters. The highest BCUT2D eigenvalue weighted by molar-refractivity contribution is 7.14. The van der Waals surface area contributed by atoms with E-state index >= 15 is 0 Å². The number of ether oxygens (including phenoxy) is 1. The Kier molecular flexibility index (Phi) is 3.99. The minimum Gasteiger partial charge on any atom is -0.442 e. The van der Waals surface area contributed by atoms with Gasteiger partial charge in [-0.3, -0.25) is 9.69 Å². The molecule has 26 heavy (non-hydrogen) atoms. The molecular weight excluding hydrogens is 348 g/mol. The maximum absolute atomic E-state index is 12.6. The summed E-state index contributed by atoms with van der Waals surface area (Å²) in [5.41, 5.74) is 0.258. The third-order valence-electron chi connectivity index (χ3n) is 6.87. The van der Waals surface area contributed by atoms with E-state index in [1.54, 1.807) is 4.90 Å². The van der Waals surface area contributed by atoms with Crippen molar-refractivity contribution in [2.45, 2.75) is 51.0 Å². The molecule has 2 heterocycles. The number of nitrogens with zero attached hydrogens (tertiary/aromatic N) is 1. The summed E-state index contributed by atoms with van der Waals surface area (Å²) < 4.78 is 5.42. The summed E-state index contributed by atoms with van der Waals surface area (Å²) in [6.45, 7) is 0.926. The van der Waals surface area contributed by atoms with Crippen LogP contribution in [0.3, 0.4) is 0 Å². The molecule has 0 aromatic carbocycles. The lowest BCUT2D eigenvalue weighted by molar-refractivity contribution is -0.129. The molecule has 0 spiro atoms. The van der Waals surface area contributed by atoms with Gasteiger partial charge < -0.3 is 10.1 Å². The van der Waals surface area contributed by atoms with Gasteiger partial charge in [-0.2, -0.15) is 0 Å². The second kappa shape index (κ2) is 6.25. The minimum absolute atomic E-state index is 0.137. The molecule has 4 aliphatic carbocycles. The van der Waals surface area contributed by atoms with Gasteiger partial charge in [0.15, 0.2) is 0 Å². The molecule has 140 valence electrons. The van der Waals surface area contributed by atoms with Crippen LogP contribution in [0.4, 0.5) is 9.80 Å². The van der Waals surface area contributed by atoms with Crippen LogP contribution >= 0.6 is 11.3 Å². The molecule has 0 radical (unpaired) electrons. The highest BCUT2D eigenvalue weighted by Crippen LogP contribution is 2.61. The average molecular weight is 375 g/mol. The topological polar surface area (TPSA) is 58.6 Å². The van der Waals surface area contributed by atoms with E-state index in [0.717, 1.165) is 22.8 Å². The molecule has 5 nitrogen and oxygen atoms in total. The predicted molar refractivity (Wildman–Crippen MR) is 100 cm³/mol. The lowest BCUT2D eigenvalue weighted by Gasteiger charge is -2.56. The van der Waals surface area contributed by atoms with E-state index in [-0.39, 0.29) is 23.5 Å². The lowest BCUT2D eigenvalue weighted by atomic mass is 9.49. The first-order chi connectivity index (χ1) is 12.6. The van der Waals surface area contributed by atoms with Crippen molar-refractivity contribution in [2.24, 2.45) is 23.2 Å². The van der Waals surface area contributed by atoms with Crippen LogP contribution in [0, 0.1) is 23.2 Å². The molecule has 5 fully saturated rings. The number of hydrogen-bond acceptors (Lipinski definition) is 4. The molecule has 1 aromatic heterocycles. The van der Waals surface area contributed by atoms with Crippen molar-refractivity contribution in [3.63, 3.8) is 0 Å². The van der Waals surface area contributed by atoms with Crippen LogP contribution in [0.25, 0.3) is 0 Å². The van der Waals surface area contributed by atoms with Gasteiger partial charge in [0, 0.05) is 6.42 Å². The Bertz CT molecular complexity index is 667. The van der Waals surface area contributed by atoms with E-state index in [2.05, 4.69) is 5.32 Å². The maximum Gasteiger partial charge on any atom is 0.415 e. The van der Waals surface area contributed by atoms with Crippen LogP contribution in [-0.4, -0.2) is 31.2 Å². The number of cyclic esters (lactones) is 1. The summed E-state index contributed by atoms with van der Waals surface area (Å²) in [5, 5.41) is 5.89. The van der Waals surface area contributed by atoms with Gasteiger partial charge in [0.25, 0.3) is 0 Å². The number of anilines is 1. The van der Waals surface area contributed by atoms with Gasteiger partial charge in [-0.25, -0.2) is 4.79 Å². The van der Waals surface area contributed by atoms with E-state index in [1.807, 2.05) is 17.5 Å². The fraction of sp³-hybridized carbons (Fsp3) is 0.700. The zero-order chi connectivity index (χ0) is 17.7. The Labute approximate surface area is 158 Å². The summed E-state index contributed by atoms with van der Waals surface area (Å²) >= 11 is 1.52. The molecule has 1 saturated heterocycles. The summed E-state index contributed by atoms with van der Waals surface area (Å²) in [7, 11) is 0. The van der Waals surface area contributed by atoms with E-state index in [4.69, 9.17) is 4.74 Å². The standard InChI is InChI=1S/C20H26N2O3S/c23-17(10-20-7-13-4-14(8-20)6-15(5-13)9-20)21-11-16-12-22(19(24)25-16)18-2-1-3-26-18/h1-3,13-16H,4-12H2,(H,21,23). The van der Waals surface area contributed by atoms with Crippen molar-refractivity contribution in [2.75, 3.05) is 18.0 Å². The predicted octanol–water partition coefficient (Wildman–Crippen LogP) is 3.80. The molecule has 1 aromatic rings. The van der Waals surface area contributed by atoms with Crippen LogP contribution in [0.1, 0.15) is 44.9 Å². The monoisotopic (exact) mass is 374 g/mol. The van der Waals surface area contributed by atoms with E-state index in [9.17, 15) is 9.59 Å². The highest BCUT2D eigenvalue weighted by Gasteiger charge is 2.51. The van der Waals surface area contributed by atoms with E-state index in [1.165, 1.54) is 49.9 Å². The van der Waals surface area contributed by atoms with Crippen LogP contribution in [0.2, 0.25) is 0 Å². The largest absolute Gasteiger partial charge is 0.442 e. The van der Waals surface area contributed by atoms with Crippen molar-refractivity contribution >= 4 is 28.3 Å². The number of carbonyl (C=O) groups excluding carboxylic acids is 2. The second-order valence-electron chi connectivity index (χ2n) is 8.97. The van der Waals surface area contributed by atoms with E-state index in [0.29, 0.717) is 19.5 Å². The zero-order valence-electron chi connectivity index (χ0n) is 15.0. The van der Waals surface area contributed by atoms with E-state index < -0.39 is 0 Å². The first-order valence-electron chi connectivity index (χ1n) is 9.87. The smallest absolute Gasteiger partial charge is 0.415 e. The Hall–Kier alpha value is -1.56. The van der Waals surface area contributed by atoms with Crippen LogP contribution < -0.4 is 10.2 Å². The number of rotatable bonds is 5. The van der Waals surface area contributed by atoms with Gasteiger partial charge >= 0.3 is 6.09 Å². The number of hydrogen-bond donors (Lipinski definition) is 1. The molecule has 4 bridgehead atoms. The quantitative estimate of drug-likeness (QED) is 0.853. The van der Waals surface area contributed by atoms with Crippen molar-refractivity contribution < 1.29 is 14.3 Å². The van der Waals surface area contributed by atoms with Crippen LogP contribution in [0.5, 0.6) is 0 Å². The summed E-state index contributed by atoms with van der Waals surface area (Å²) in [4.78, 5) is 26.3. The van der Waals surface area contributed by atoms with Gasteiger partial charge in [-0.1, -0.05) is 0 Å². The molecule has 6 heteroatoms. The summed E-state index contributed by atoms with van der Waals surface area (Å²) in [5.74, 6) is 2.73. The van der Waals surface area contributed by atoms with Crippen LogP contribution in [-0.2, 0) is 9.53 Å². The third kappa shape index (κ3) is 3.02. The van der Waals surface area contributed by atoms with Gasteiger partial charge in [0.2, 0.25) is 5.91 Å². The zero-order valence-corrected chi connectivity index (χ0v) is 15.8. The van der Waals surface area contributed by atoms with Gasteiger partial charge in [0.1, 0.15) is 11.1 Å². The molecule has 1 aliphatic heterocycles. The van der Waals surface area contributed by atoms with Gasteiger partial charge in [-0.15, -0.1) is 11.3 Å². The molecule has 6 rings (SSSR count). The SMILES string of the molecule is O=C(CC12CC3CC(CC(C3)C1)C2)NCC1CN(c2cccs2)C(=O)O1. The Balaban J connectivity index is 1.14. The number of carbonyl (C=O) groups is 2. The number of amides is 2. The fourth-order valence-electron chi connectivity index (χ4n) is 6.37. The molecule has 4 saturated carbocycles. The van der Waals surface area contributed by atoms with Crippen molar-refractivity contribution in [3.8, 4) is 0 Å². The van der Waals surface area contributed by atoms with Gasteiger partial charge in [0.05, 0.1) is 13.1 Å². The number of nitrogens with one attached hydrogen (secondary N) is 1. The molecular formula is C20H26N2O3S. The first-order valence-corrected chi connectivity index (χ1v) is 10.7.